The minimum absolute atomic E-state index is 0.0191. The topological polar surface area (TPSA) is 57.5 Å². The zero-order valence-electron chi connectivity index (χ0n) is 15.2. The molecule has 0 unspecified atom stereocenters. The number of unbranched alkanes of at least 4 members (excludes halogenated alkanes) is 11. The number of rotatable bonds is 14. The molecule has 0 radical (unpaired) electrons. The molecule has 0 heterocycles. The maximum absolute atomic E-state index is 12.0. The van der Waals surface area contributed by atoms with Crippen LogP contribution in [-0.2, 0) is 0 Å². The molecule has 24 heavy (non-hydrogen) atoms. The van der Waals surface area contributed by atoms with Gasteiger partial charge in [-0.05, 0) is 18.6 Å². The van der Waals surface area contributed by atoms with Crippen LogP contribution in [0.2, 0.25) is 0 Å². The van der Waals surface area contributed by atoms with E-state index in [4.69, 9.17) is 0 Å². The number of hydrogen-bond acceptors (Lipinski definition) is 3. The van der Waals surface area contributed by atoms with E-state index < -0.39 is 0 Å². The first-order valence-electron chi connectivity index (χ1n) is 9.70. The van der Waals surface area contributed by atoms with Gasteiger partial charge in [0.15, 0.2) is 5.78 Å². The molecule has 1 rings (SSSR count). The highest BCUT2D eigenvalue weighted by Crippen LogP contribution is 2.24. The Morgan fingerprint density at radius 2 is 1.29 bits per heavy atom. The third-order valence-corrected chi connectivity index (χ3v) is 4.54. The van der Waals surface area contributed by atoms with E-state index in [0.717, 1.165) is 12.8 Å². The quantitative estimate of drug-likeness (QED) is 0.307. The van der Waals surface area contributed by atoms with Gasteiger partial charge in [0.2, 0.25) is 0 Å². The number of hydrogen-bond donors (Lipinski definition) is 2. The summed E-state index contributed by atoms with van der Waals surface area (Å²) in [6.07, 6.45) is 15.7. The highest BCUT2D eigenvalue weighted by molar-refractivity contribution is 5.98. The van der Waals surface area contributed by atoms with Crippen molar-refractivity contribution in [3.05, 3.63) is 23.8 Å². The van der Waals surface area contributed by atoms with E-state index in [1.54, 1.807) is 0 Å². The largest absolute Gasteiger partial charge is 0.508 e. The third kappa shape index (κ3) is 8.95. The molecule has 0 aromatic heterocycles. The fourth-order valence-corrected chi connectivity index (χ4v) is 3.02. The number of Topliss-reactive ketones (excluding diaryl/α,β-unsaturated/α-hetero) is 1. The fraction of sp³-hybridized carbons (Fsp3) is 0.667. The minimum Gasteiger partial charge on any atom is -0.508 e. The summed E-state index contributed by atoms with van der Waals surface area (Å²) in [5.74, 6) is -0.187. The Labute approximate surface area is 147 Å². The maximum Gasteiger partial charge on any atom is 0.166 e. The van der Waals surface area contributed by atoms with E-state index in [2.05, 4.69) is 6.92 Å². The van der Waals surface area contributed by atoms with Gasteiger partial charge in [-0.3, -0.25) is 4.79 Å². The fourth-order valence-electron chi connectivity index (χ4n) is 3.02. The molecule has 3 heteroatoms. The Morgan fingerprint density at radius 3 is 1.79 bits per heavy atom. The van der Waals surface area contributed by atoms with Gasteiger partial charge < -0.3 is 10.2 Å². The Balaban J connectivity index is 1.97. The maximum atomic E-state index is 12.0. The van der Waals surface area contributed by atoms with Crippen LogP contribution in [0, 0.1) is 0 Å². The van der Waals surface area contributed by atoms with Gasteiger partial charge in [-0.2, -0.15) is 0 Å². The van der Waals surface area contributed by atoms with Gasteiger partial charge in [0.1, 0.15) is 11.5 Å². The van der Waals surface area contributed by atoms with Crippen LogP contribution in [0.15, 0.2) is 18.2 Å². The lowest BCUT2D eigenvalue weighted by Crippen LogP contribution is -1.99. The summed E-state index contributed by atoms with van der Waals surface area (Å²) in [7, 11) is 0. The van der Waals surface area contributed by atoms with Gasteiger partial charge in [0, 0.05) is 12.5 Å². The highest BCUT2D eigenvalue weighted by Gasteiger charge is 2.11. The Hall–Kier alpha value is -1.51. The summed E-state index contributed by atoms with van der Waals surface area (Å²) in [5, 5.41) is 18.9. The van der Waals surface area contributed by atoms with Crippen LogP contribution in [-0.4, -0.2) is 16.0 Å². The smallest absolute Gasteiger partial charge is 0.166 e. The highest BCUT2D eigenvalue weighted by atomic mass is 16.3. The molecule has 0 amide bonds. The molecule has 0 spiro atoms. The average molecular weight is 334 g/mol. The first kappa shape index (κ1) is 20.5. The van der Waals surface area contributed by atoms with Crippen LogP contribution in [0.5, 0.6) is 11.5 Å². The van der Waals surface area contributed by atoms with E-state index in [0.29, 0.717) is 12.0 Å². The molecule has 3 nitrogen and oxygen atoms in total. The molecular formula is C21H34O3. The van der Waals surface area contributed by atoms with Crippen molar-refractivity contribution in [3.63, 3.8) is 0 Å². The Kier molecular flexibility index (Phi) is 11.0. The van der Waals surface area contributed by atoms with E-state index in [-0.39, 0.29) is 17.3 Å². The average Bonchev–Trinajstić information content (AvgIpc) is 2.55. The molecule has 136 valence electrons. The number of carbonyl (C=O) groups is 1. The Morgan fingerprint density at radius 1 is 0.792 bits per heavy atom. The van der Waals surface area contributed by atoms with Gasteiger partial charge in [0.05, 0.1) is 5.56 Å². The van der Waals surface area contributed by atoms with Crippen molar-refractivity contribution in [2.45, 2.75) is 90.4 Å². The van der Waals surface area contributed by atoms with Gasteiger partial charge in [0.25, 0.3) is 0 Å². The minimum atomic E-state index is -0.126. The Bertz CT molecular complexity index is 468. The lowest BCUT2D eigenvalue weighted by Gasteiger charge is -2.05. The van der Waals surface area contributed by atoms with Gasteiger partial charge in [-0.15, -0.1) is 0 Å². The van der Waals surface area contributed by atoms with Crippen LogP contribution in [0.1, 0.15) is 101 Å². The van der Waals surface area contributed by atoms with Gasteiger partial charge >= 0.3 is 0 Å². The summed E-state index contributed by atoms with van der Waals surface area (Å²) in [6.45, 7) is 2.25. The molecular weight excluding hydrogens is 300 g/mol. The first-order valence-corrected chi connectivity index (χ1v) is 9.70. The molecule has 0 saturated heterocycles. The normalized spacial score (nSPS) is 10.9. The molecule has 0 bridgehead atoms. The summed E-state index contributed by atoms with van der Waals surface area (Å²) in [5.41, 5.74) is 0.316. The molecule has 0 aliphatic heterocycles. The van der Waals surface area contributed by atoms with Gasteiger partial charge in [-0.25, -0.2) is 0 Å². The molecule has 0 saturated carbocycles. The molecule has 2 N–H and O–H groups in total. The number of benzene rings is 1. The van der Waals surface area contributed by atoms with Crippen LogP contribution < -0.4 is 0 Å². The summed E-state index contributed by atoms with van der Waals surface area (Å²) >= 11 is 0. The lowest BCUT2D eigenvalue weighted by atomic mass is 10.0. The second kappa shape index (κ2) is 12.9. The summed E-state index contributed by atoms with van der Waals surface area (Å²) < 4.78 is 0. The molecule has 0 aliphatic rings. The summed E-state index contributed by atoms with van der Waals surface area (Å²) in [6, 6.07) is 4.15. The number of ketones is 1. The standard InChI is InChI=1S/C21H34O3/c1-2-3-4-5-6-7-8-9-10-11-12-13-14-20(23)19-16-15-18(22)17-21(19)24/h15-17,22,24H,2-14H2,1H3. The molecule has 0 aliphatic carbocycles. The van der Waals surface area contributed by atoms with Crippen molar-refractivity contribution in [3.8, 4) is 11.5 Å². The zero-order chi connectivity index (χ0) is 17.6. The SMILES string of the molecule is CCCCCCCCCCCCCCC(=O)c1ccc(O)cc1O. The molecule has 1 aromatic carbocycles. The van der Waals surface area contributed by atoms with E-state index >= 15 is 0 Å². The second-order valence-electron chi connectivity index (χ2n) is 6.76. The third-order valence-electron chi connectivity index (χ3n) is 4.54. The first-order chi connectivity index (χ1) is 11.6. The van der Waals surface area contributed by atoms with Crippen molar-refractivity contribution in [2.75, 3.05) is 0 Å². The van der Waals surface area contributed by atoms with Gasteiger partial charge in [-0.1, -0.05) is 77.6 Å². The zero-order valence-corrected chi connectivity index (χ0v) is 15.2. The molecule has 0 atom stereocenters. The molecule has 1 aromatic rings. The van der Waals surface area contributed by atoms with E-state index in [9.17, 15) is 15.0 Å². The predicted octanol–water partition coefficient (Wildman–Crippen LogP) is 6.37. The number of aromatic hydroxyl groups is 2. The molecule has 0 fully saturated rings. The van der Waals surface area contributed by atoms with Crippen LogP contribution >= 0.6 is 0 Å². The monoisotopic (exact) mass is 334 g/mol. The lowest BCUT2D eigenvalue weighted by molar-refractivity contribution is 0.0976. The van der Waals surface area contributed by atoms with Crippen LogP contribution in [0.25, 0.3) is 0 Å². The van der Waals surface area contributed by atoms with Crippen molar-refractivity contribution >= 4 is 5.78 Å². The predicted molar refractivity (Wildman–Crippen MR) is 99.8 cm³/mol. The van der Waals surface area contributed by atoms with Crippen molar-refractivity contribution in [1.82, 2.24) is 0 Å². The number of carbonyl (C=O) groups excluding carboxylic acids is 1. The van der Waals surface area contributed by atoms with Crippen LogP contribution in [0.4, 0.5) is 0 Å². The number of phenolic OH excluding ortho intramolecular Hbond substituents is 2. The van der Waals surface area contributed by atoms with Crippen molar-refractivity contribution in [1.29, 1.82) is 0 Å². The van der Waals surface area contributed by atoms with Crippen LogP contribution in [0.3, 0.4) is 0 Å². The second-order valence-corrected chi connectivity index (χ2v) is 6.76. The van der Waals surface area contributed by atoms with Crippen molar-refractivity contribution < 1.29 is 15.0 Å². The van der Waals surface area contributed by atoms with E-state index in [1.807, 2.05) is 0 Å². The van der Waals surface area contributed by atoms with E-state index in [1.165, 1.54) is 82.4 Å². The number of phenols is 2. The summed E-state index contributed by atoms with van der Waals surface area (Å²) in [4.78, 5) is 12.0. The van der Waals surface area contributed by atoms with Crippen molar-refractivity contribution in [2.24, 2.45) is 0 Å².